The zero-order valence-corrected chi connectivity index (χ0v) is 11.6. The number of likely N-dealkylation sites (N-methyl/N-ethyl adjacent to an activating group) is 1. The maximum atomic E-state index is 12.0. The standard InChI is InChI=1S/C12H14BrNO3/c1-8-6-9(13)4-5-10(8)12(16)14(2)7-11(15)17-3/h4-6H,7H2,1-3H3. The Hall–Kier alpha value is -1.36. The Morgan fingerprint density at radius 1 is 1.41 bits per heavy atom. The second-order valence-electron chi connectivity index (χ2n) is 3.70. The minimum Gasteiger partial charge on any atom is -0.468 e. The molecule has 1 rings (SSSR count). The summed E-state index contributed by atoms with van der Waals surface area (Å²) in [5, 5.41) is 0. The molecule has 1 aromatic rings. The monoisotopic (exact) mass is 299 g/mol. The zero-order chi connectivity index (χ0) is 13.0. The fraction of sp³-hybridized carbons (Fsp3) is 0.333. The summed E-state index contributed by atoms with van der Waals surface area (Å²) in [4.78, 5) is 24.4. The van der Waals surface area contributed by atoms with Gasteiger partial charge in [0.25, 0.3) is 5.91 Å². The predicted octanol–water partition coefficient (Wildman–Crippen LogP) is 2.00. The zero-order valence-electron chi connectivity index (χ0n) is 9.99. The van der Waals surface area contributed by atoms with E-state index in [-0.39, 0.29) is 12.5 Å². The first-order valence-corrected chi connectivity index (χ1v) is 5.83. The molecule has 5 heteroatoms. The van der Waals surface area contributed by atoms with Crippen molar-refractivity contribution in [3.05, 3.63) is 33.8 Å². The highest BCUT2D eigenvalue weighted by molar-refractivity contribution is 9.10. The number of amides is 1. The van der Waals surface area contributed by atoms with Crippen LogP contribution in [0, 0.1) is 6.92 Å². The molecule has 0 fully saturated rings. The highest BCUT2D eigenvalue weighted by atomic mass is 79.9. The fourth-order valence-corrected chi connectivity index (χ4v) is 1.88. The molecule has 0 atom stereocenters. The van der Waals surface area contributed by atoms with Crippen LogP contribution in [0.15, 0.2) is 22.7 Å². The molecule has 0 heterocycles. The van der Waals surface area contributed by atoms with E-state index in [1.807, 2.05) is 13.0 Å². The van der Waals surface area contributed by atoms with Crippen LogP contribution in [-0.2, 0) is 9.53 Å². The van der Waals surface area contributed by atoms with Crippen molar-refractivity contribution in [2.75, 3.05) is 20.7 Å². The third-order valence-electron chi connectivity index (χ3n) is 2.36. The Bertz CT molecular complexity index is 445. The van der Waals surface area contributed by atoms with E-state index in [0.717, 1.165) is 10.0 Å². The quantitative estimate of drug-likeness (QED) is 0.802. The maximum Gasteiger partial charge on any atom is 0.325 e. The molecule has 0 aliphatic rings. The third kappa shape index (κ3) is 3.56. The second kappa shape index (κ2) is 5.82. The normalized spacial score (nSPS) is 9.88. The first kappa shape index (κ1) is 13.7. The van der Waals surface area contributed by atoms with Gasteiger partial charge in [-0.05, 0) is 30.7 Å². The summed E-state index contributed by atoms with van der Waals surface area (Å²) in [6.07, 6.45) is 0. The fourth-order valence-electron chi connectivity index (χ4n) is 1.40. The SMILES string of the molecule is COC(=O)CN(C)C(=O)c1ccc(Br)cc1C. The second-order valence-corrected chi connectivity index (χ2v) is 4.61. The van der Waals surface area contributed by atoms with Crippen LogP contribution in [0.2, 0.25) is 0 Å². The minimum atomic E-state index is -0.435. The summed E-state index contributed by atoms with van der Waals surface area (Å²) < 4.78 is 5.43. The van der Waals surface area contributed by atoms with Crippen molar-refractivity contribution in [1.29, 1.82) is 0 Å². The molecule has 0 N–H and O–H groups in total. The van der Waals surface area contributed by atoms with Gasteiger partial charge in [0.15, 0.2) is 0 Å². The molecular formula is C12H14BrNO3. The number of halogens is 1. The Balaban J connectivity index is 2.85. The summed E-state index contributed by atoms with van der Waals surface area (Å²) in [6.45, 7) is 1.80. The van der Waals surface area contributed by atoms with E-state index in [1.165, 1.54) is 12.0 Å². The number of hydrogen-bond donors (Lipinski definition) is 0. The predicted molar refractivity (Wildman–Crippen MR) is 67.9 cm³/mol. The smallest absolute Gasteiger partial charge is 0.325 e. The molecule has 1 amide bonds. The van der Waals surface area contributed by atoms with Gasteiger partial charge < -0.3 is 9.64 Å². The number of nitrogens with zero attached hydrogens (tertiary/aromatic N) is 1. The van der Waals surface area contributed by atoms with E-state index in [1.54, 1.807) is 19.2 Å². The molecule has 1 aromatic carbocycles. The van der Waals surface area contributed by atoms with Gasteiger partial charge in [-0.3, -0.25) is 9.59 Å². The summed E-state index contributed by atoms with van der Waals surface area (Å²) in [5.74, 6) is -0.629. The van der Waals surface area contributed by atoms with Crippen molar-refractivity contribution in [2.45, 2.75) is 6.92 Å². The lowest BCUT2D eigenvalue weighted by Gasteiger charge is -2.16. The molecule has 0 spiro atoms. The van der Waals surface area contributed by atoms with Gasteiger partial charge in [-0.15, -0.1) is 0 Å². The number of carbonyl (C=O) groups excluding carboxylic acids is 2. The third-order valence-corrected chi connectivity index (χ3v) is 2.85. The van der Waals surface area contributed by atoms with Crippen molar-refractivity contribution in [2.24, 2.45) is 0 Å². The Morgan fingerprint density at radius 2 is 2.06 bits per heavy atom. The number of esters is 1. The number of carbonyl (C=O) groups is 2. The number of hydrogen-bond acceptors (Lipinski definition) is 3. The number of benzene rings is 1. The first-order chi connectivity index (χ1) is 7.95. The van der Waals surface area contributed by atoms with Gasteiger partial charge in [-0.25, -0.2) is 0 Å². The van der Waals surface area contributed by atoms with Gasteiger partial charge in [-0.1, -0.05) is 15.9 Å². The number of ether oxygens (including phenoxy) is 1. The van der Waals surface area contributed by atoms with E-state index in [0.29, 0.717) is 5.56 Å². The van der Waals surface area contributed by atoms with Crippen LogP contribution in [0.5, 0.6) is 0 Å². The number of rotatable bonds is 3. The number of methoxy groups -OCH3 is 1. The molecule has 92 valence electrons. The van der Waals surface area contributed by atoms with Crippen LogP contribution in [0.3, 0.4) is 0 Å². The Labute approximate surface area is 109 Å². The van der Waals surface area contributed by atoms with Crippen molar-refractivity contribution in [1.82, 2.24) is 4.90 Å². The van der Waals surface area contributed by atoms with Crippen LogP contribution >= 0.6 is 15.9 Å². The van der Waals surface area contributed by atoms with E-state index >= 15 is 0 Å². The summed E-state index contributed by atoms with van der Waals surface area (Å²) in [5.41, 5.74) is 1.45. The molecule has 0 radical (unpaired) electrons. The molecule has 17 heavy (non-hydrogen) atoms. The summed E-state index contributed by atoms with van der Waals surface area (Å²) >= 11 is 3.33. The summed E-state index contributed by atoms with van der Waals surface area (Å²) in [7, 11) is 2.87. The van der Waals surface area contributed by atoms with Crippen LogP contribution in [0.4, 0.5) is 0 Å². The first-order valence-electron chi connectivity index (χ1n) is 5.04. The van der Waals surface area contributed by atoms with Gasteiger partial charge in [0.05, 0.1) is 7.11 Å². The van der Waals surface area contributed by atoms with Crippen LogP contribution in [0.25, 0.3) is 0 Å². The van der Waals surface area contributed by atoms with Crippen LogP contribution in [-0.4, -0.2) is 37.5 Å². The van der Waals surface area contributed by atoms with Gasteiger partial charge in [0.1, 0.15) is 6.54 Å². The molecule has 0 unspecified atom stereocenters. The number of aryl methyl sites for hydroxylation is 1. The van der Waals surface area contributed by atoms with Gasteiger partial charge in [0, 0.05) is 17.1 Å². The maximum absolute atomic E-state index is 12.0. The molecular weight excluding hydrogens is 286 g/mol. The topological polar surface area (TPSA) is 46.6 Å². The van der Waals surface area contributed by atoms with Crippen molar-refractivity contribution in [3.63, 3.8) is 0 Å². The minimum absolute atomic E-state index is 0.0508. The average Bonchev–Trinajstić information content (AvgIpc) is 2.28. The van der Waals surface area contributed by atoms with E-state index in [9.17, 15) is 9.59 Å². The van der Waals surface area contributed by atoms with E-state index in [2.05, 4.69) is 20.7 Å². The van der Waals surface area contributed by atoms with Crippen LogP contribution < -0.4 is 0 Å². The Kier molecular flexibility index (Phi) is 4.69. The molecule has 0 aromatic heterocycles. The largest absolute Gasteiger partial charge is 0.468 e. The van der Waals surface area contributed by atoms with Gasteiger partial charge in [-0.2, -0.15) is 0 Å². The molecule has 0 aliphatic carbocycles. The Morgan fingerprint density at radius 3 is 2.59 bits per heavy atom. The van der Waals surface area contributed by atoms with Crippen LogP contribution in [0.1, 0.15) is 15.9 Å². The lowest BCUT2D eigenvalue weighted by Crippen LogP contribution is -2.33. The highest BCUT2D eigenvalue weighted by Crippen LogP contribution is 2.17. The van der Waals surface area contributed by atoms with E-state index in [4.69, 9.17) is 0 Å². The van der Waals surface area contributed by atoms with Gasteiger partial charge >= 0.3 is 5.97 Å². The van der Waals surface area contributed by atoms with Gasteiger partial charge in [0.2, 0.25) is 0 Å². The molecule has 0 aliphatic heterocycles. The lowest BCUT2D eigenvalue weighted by atomic mass is 10.1. The molecule has 0 saturated heterocycles. The van der Waals surface area contributed by atoms with Crippen molar-refractivity contribution < 1.29 is 14.3 Å². The molecule has 0 bridgehead atoms. The van der Waals surface area contributed by atoms with E-state index < -0.39 is 5.97 Å². The average molecular weight is 300 g/mol. The molecule has 4 nitrogen and oxygen atoms in total. The highest BCUT2D eigenvalue weighted by Gasteiger charge is 2.16. The molecule has 0 saturated carbocycles. The lowest BCUT2D eigenvalue weighted by molar-refractivity contribution is -0.141. The summed E-state index contributed by atoms with van der Waals surface area (Å²) in [6, 6.07) is 5.39. The van der Waals surface area contributed by atoms with Crippen molar-refractivity contribution >= 4 is 27.8 Å². The van der Waals surface area contributed by atoms with Crippen molar-refractivity contribution in [3.8, 4) is 0 Å².